The zero-order valence-electron chi connectivity index (χ0n) is 19.7. The van der Waals surface area contributed by atoms with Crippen molar-refractivity contribution in [1.82, 2.24) is 9.21 Å². The summed E-state index contributed by atoms with van der Waals surface area (Å²) in [6, 6.07) is 12.9. The van der Waals surface area contributed by atoms with Crippen LogP contribution in [-0.4, -0.2) is 56.3 Å². The predicted octanol–water partition coefficient (Wildman–Crippen LogP) is 4.39. The van der Waals surface area contributed by atoms with Gasteiger partial charge in [0.05, 0.1) is 11.5 Å². The normalized spacial score (nSPS) is 19.1. The monoisotopic (exact) mass is 488 g/mol. The van der Waals surface area contributed by atoms with Crippen LogP contribution >= 0.6 is 0 Å². The van der Waals surface area contributed by atoms with Crippen molar-refractivity contribution in [2.24, 2.45) is 5.41 Å². The molecule has 8 heteroatoms. The zero-order valence-corrected chi connectivity index (χ0v) is 20.5. The molecule has 2 saturated heterocycles. The molecule has 34 heavy (non-hydrogen) atoms. The van der Waals surface area contributed by atoms with Crippen LogP contribution in [0.3, 0.4) is 0 Å². The van der Waals surface area contributed by atoms with Gasteiger partial charge in [-0.15, -0.1) is 0 Å². The fourth-order valence-corrected chi connectivity index (χ4v) is 6.57. The van der Waals surface area contributed by atoms with Crippen LogP contribution in [0.2, 0.25) is 0 Å². The smallest absolute Gasteiger partial charge is 0.243 e. The Kier molecular flexibility index (Phi) is 7.57. The number of carbonyl (C=O) groups excluding carboxylic acids is 1. The Bertz CT molecular complexity index is 1090. The summed E-state index contributed by atoms with van der Waals surface area (Å²) in [7, 11) is -3.61. The molecule has 0 saturated carbocycles. The van der Waals surface area contributed by atoms with Crippen molar-refractivity contribution in [3.63, 3.8) is 0 Å². The highest BCUT2D eigenvalue weighted by Crippen LogP contribution is 2.38. The van der Waals surface area contributed by atoms with E-state index in [1.165, 1.54) is 16.4 Å². The molecule has 0 unspecified atom stereocenters. The molecule has 2 fully saturated rings. The summed E-state index contributed by atoms with van der Waals surface area (Å²) in [5, 5.41) is 0. The van der Waals surface area contributed by atoms with Gasteiger partial charge in [-0.2, -0.15) is 4.31 Å². The fourth-order valence-electron chi connectivity index (χ4n) is 4.90. The average molecular weight is 489 g/mol. The molecule has 2 aromatic rings. The summed E-state index contributed by atoms with van der Waals surface area (Å²) < 4.78 is 47.4. The van der Waals surface area contributed by atoms with Gasteiger partial charge in [0.25, 0.3) is 0 Å². The number of aryl methyl sites for hydroxylation is 1. The highest BCUT2D eigenvalue weighted by Gasteiger charge is 2.42. The maximum Gasteiger partial charge on any atom is 0.243 e. The average Bonchev–Trinajstić information content (AvgIpc) is 2.85. The standard InChI is InChI=1S/C26H33FN2O4S/c1-21-7-3-4-8-24(21)34(31,32)29-17-13-26(14-18-29,19-25(30)28-15-5-2-6-16-28)20-33-23-11-9-22(27)10-12-23/h3-4,7-12H,2,5-6,13-20H2,1H3. The van der Waals surface area contributed by atoms with Gasteiger partial charge in [0.2, 0.25) is 15.9 Å². The van der Waals surface area contributed by atoms with Crippen LogP contribution in [-0.2, 0) is 14.8 Å². The van der Waals surface area contributed by atoms with Gasteiger partial charge in [0.15, 0.2) is 0 Å². The zero-order chi connectivity index (χ0) is 24.2. The number of likely N-dealkylation sites (tertiary alicyclic amines) is 1. The molecule has 0 spiro atoms. The van der Waals surface area contributed by atoms with Gasteiger partial charge in [-0.3, -0.25) is 4.79 Å². The Morgan fingerprint density at radius 3 is 2.26 bits per heavy atom. The highest BCUT2D eigenvalue weighted by molar-refractivity contribution is 7.89. The number of hydrogen-bond acceptors (Lipinski definition) is 4. The van der Waals surface area contributed by atoms with Crippen LogP contribution in [0.5, 0.6) is 5.75 Å². The Hall–Kier alpha value is -2.45. The van der Waals surface area contributed by atoms with Crippen molar-refractivity contribution in [2.45, 2.75) is 50.3 Å². The highest BCUT2D eigenvalue weighted by atomic mass is 32.2. The first-order valence-corrected chi connectivity index (χ1v) is 13.5. The van der Waals surface area contributed by atoms with Gasteiger partial charge < -0.3 is 9.64 Å². The van der Waals surface area contributed by atoms with Crippen molar-refractivity contribution in [3.8, 4) is 5.75 Å². The lowest BCUT2D eigenvalue weighted by molar-refractivity contribution is -0.136. The second kappa shape index (κ2) is 10.4. The molecule has 2 heterocycles. The predicted molar refractivity (Wildman–Crippen MR) is 129 cm³/mol. The van der Waals surface area contributed by atoms with Gasteiger partial charge >= 0.3 is 0 Å². The van der Waals surface area contributed by atoms with Crippen molar-refractivity contribution < 1.29 is 22.3 Å². The topological polar surface area (TPSA) is 66.9 Å². The minimum absolute atomic E-state index is 0.109. The molecular weight excluding hydrogens is 455 g/mol. The van der Waals surface area contributed by atoms with Crippen molar-refractivity contribution in [2.75, 3.05) is 32.8 Å². The molecule has 0 bridgehead atoms. The van der Waals surface area contributed by atoms with Crippen LogP contribution in [0, 0.1) is 18.2 Å². The van der Waals surface area contributed by atoms with Gasteiger partial charge in [0.1, 0.15) is 11.6 Å². The van der Waals surface area contributed by atoms with Crippen molar-refractivity contribution in [1.29, 1.82) is 0 Å². The second-order valence-corrected chi connectivity index (χ2v) is 11.4. The summed E-state index contributed by atoms with van der Waals surface area (Å²) in [5.41, 5.74) is 0.250. The van der Waals surface area contributed by atoms with Crippen LogP contribution in [0.1, 0.15) is 44.1 Å². The van der Waals surface area contributed by atoms with Gasteiger partial charge in [-0.05, 0) is 74.9 Å². The van der Waals surface area contributed by atoms with E-state index in [2.05, 4.69) is 0 Å². The maximum atomic E-state index is 13.3. The first-order chi connectivity index (χ1) is 16.3. The molecule has 2 aliphatic heterocycles. The lowest BCUT2D eigenvalue weighted by atomic mass is 9.76. The number of halogens is 1. The van der Waals surface area contributed by atoms with Crippen molar-refractivity contribution >= 4 is 15.9 Å². The molecule has 184 valence electrons. The SMILES string of the molecule is Cc1ccccc1S(=O)(=O)N1CCC(COc2ccc(F)cc2)(CC(=O)N2CCCCC2)CC1. The first kappa shape index (κ1) is 24.7. The lowest BCUT2D eigenvalue weighted by Crippen LogP contribution is -2.48. The van der Waals surface area contributed by atoms with Crippen LogP contribution in [0.4, 0.5) is 4.39 Å². The third-order valence-electron chi connectivity index (χ3n) is 7.09. The Balaban J connectivity index is 1.50. The quantitative estimate of drug-likeness (QED) is 0.580. The molecule has 4 rings (SSSR count). The Morgan fingerprint density at radius 2 is 1.62 bits per heavy atom. The summed E-state index contributed by atoms with van der Waals surface area (Å²) >= 11 is 0. The van der Waals surface area contributed by atoms with E-state index in [-0.39, 0.29) is 18.3 Å². The lowest BCUT2D eigenvalue weighted by Gasteiger charge is -2.42. The summed E-state index contributed by atoms with van der Waals surface area (Å²) in [6.45, 7) is 4.31. The minimum atomic E-state index is -3.61. The molecule has 0 N–H and O–H groups in total. The second-order valence-electron chi connectivity index (χ2n) is 9.53. The molecule has 0 aliphatic carbocycles. The molecular formula is C26H33FN2O4S. The molecule has 0 atom stereocenters. The maximum absolute atomic E-state index is 13.3. The number of piperidine rings is 2. The third kappa shape index (κ3) is 5.61. The molecule has 0 aromatic heterocycles. The summed E-state index contributed by atoms with van der Waals surface area (Å²) in [5.74, 6) is 0.316. The number of hydrogen-bond donors (Lipinski definition) is 0. The molecule has 2 aromatic carbocycles. The van der Waals surface area contributed by atoms with Gasteiger partial charge in [-0.1, -0.05) is 18.2 Å². The largest absolute Gasteiger partial charge is 0.493 e. The number of benzene rings is 2. The number of nitrogens with zero attached hydrogens (tertiary/aromatic N) is 2. The molecule has 6 nitrogen and oxygen atoms in total. The Morgan fingerprint density at radius 1 is 0.971 bits per heavy atom. The molecule has 2 aliphatic rings. The van der Waals surface area contributed by atoms with Crippen LogP contribution in [0.25, 0.3) is 0 Å². The minimum Gasteiger partial charge on any atom is -0.493 e. The van der Waals surface area contributed by atoms with E-state index in [4.69, 9.17) is 4.74 Å². The van der Waals surface area contributed by atoms with E-state index in [1.54, 1.807) is 37.3 Å². The van der Waals surface area contributed by atoms with Crippen LogP contribution < -0.4 is 4.74 Å². The van der Waals surface area contributed by atoms with Gasteiger partial charge in [-0.25, -0.2) is 12.8 Å². The van der Waals surface area contributed by atoms with E-state index in [1.807, 2.05) is 11.0 Å². The van der Waals surface area contributed by atoms with E-state index in [0.29, 0.717) is 43.0 Å². The van der Waals surface area contributed by atoms with E-state index in [9.17, 15) is 17.6 Å². The van der Waals surface area contributed by atoms with E-state index in [0.717, 1.165) is 37.9 Å². The third-order valence-corrected chi connectivity index (χ3v) is 9.15. The number of ether oxygens (including phenoxy) is 1. The van der Waals surface area contributed by atoms with E-state index < -0.39 is 15.4 Å². The number of rotatable bonds is 7. The van der Waals surface area contributed by atoms with Crippen LogP contribution in [0.15, 0.2) is 53.4 Å². The number of carbonyl (C=O) groups is 1. The molecule has 1 amide bonds. The number of amides is 1. The summed E-state index contributed by atoms with van der Waals surface area (Å²) in [4.78, 5) is 15.4. The first-order valence-electron chi connectivity index (χ1n) is 12.0. The molecule has 0 radical (unpaired) electrons. The van der Waals surface area contributed by atoms with Crippen molar-refractivity contribution in [3.05, 3.63) is 59.9 Å². The van der Waals surface area contributed by atoms with E-state index >= 15 is 0 Å². The van der Waals surface area contributed by atoms with Gasteiger partial charge in [0, 0.05) is 38.0 Å². The summed E-state index contributed by atoms with van der Waals surface area (Å²) in [6.07, 6.45) is 4.57. The number of sulfonamides is 1. The fraction of sp³-hybridized carbons (Fsp3) is 0.500. The Labute approximate surface area is 201 Å².